The number of likely N-dealkylation sites (tertiary alicyclic amines) is 1. The van der Waals surface area contributed by atoms with Gasteiger partial charge in [-0.1, -0.05) is 6.92 Å². The third-order valence-electron chi connectivity index (χ3n) is 4.21. The highest BCUT2D eigenvalue weighted by Gasteiger charge is 2.25. The van der Waals surface area contributed by atoms with Gasteiger partial charge in [0.05, 0.1) is 0 Å². The standard InChI is InChI=1S/C14H31N3/c1-5-17-11-7-9-14(17)12-16(4)13(2)8-6-10-15-3/h13-15H,5-12H2,1-4H3. The molecular formula is C14H31N3. The largest absolute Gasteiger partial charge is 0.320 e. The maximum absolute atomic E-state index is 3.22. The number of hydrogen-bond donors (Lipinski definition) is 1. The normalized spacial score (nSPS) is 23.5. The van der Waals surface area contributed by atoms with Crippen LogP contribution in [0.3, 0.4) is 0 Å². The number of rotatable bonds is 8. The molecule has 3 nitrogen and oxygen atoms in total. The van der Waals surface area contributed by atoms with Crippen molar-refractivity contribution in [2.24, 2.45) is 0 Å². The van der Waals surface area contributed by atoms with Gasteiger partial charge in [-0.05, 0) is 66.3 Å². The Bertz CT molecular complexity index is 196. The van der Waals surface area contributed by atoms with Gasteiger partial charge in [-0.15, -0.1) is 0 Å². The van der Waals surface area contributed by atoms with E-state index in [0.717, 1.165) is 12.6 Å². The zero-order valence-electron chi connectivity index (χ0n) is 12.2. The summed E-state index contributed by atoms with van der Waals surface area (Å²) in [5.74, 6) is 0. The summed E-state index contributed by atoms with van der Waals surface area (Å²) < 4.78 is 0. The van der Waals surface area contributed by atoms with Crippen molar-refractivity contribution in [2.75, 3.05) is 40.3 Å². The van der Waals surface area contributed by atoms with E-state index in [0.29, 0.717) is 6.04 Å². The Hall–Kier alpha value is -0.120. The van der Waals surface area contributed by atoms with Crippen LogP contribution in [0, 0.1) is 0 Å². The lowest BCUT2D eigenvalue weighted by Gasteiger charge is -2.31. The molecule has 2 atom stereocenters. The maximum atomic E-state index is 3.22. The van der Waals surface area contributed by atoms with Crippen LogP contribution < -0.4 is 5.32 Å². The highest BCUT2D eigenvalue weighted by Crippen LogP contribution is 2.18. The fraction of sp³-hybridized carbons (Fsp3) is 1.00. The number of nitrogens with one attached hydrogen (secondary N) is 1. The molecule has 0 aliphatic carbocycles. The van der Waals surface area contributed by atoms with Crippen LogP contribution in [0.15, 0.2) is 0 Å². The number of nitrogens with zero attached hydrogens (tertiary/aromatic N) is 2. The Labute approximate surface area is 108 Å². The molecule has 1 aliphatic rings. The smallest absolute Gasteiger partial charge is 0.0223 e. The zero-order valence-corrected chi connectivity index (χ0v) is 12.2. The van der Waals surface area contributed by atoms with Crippen LogP contribution in [0.5, 0.6) is 0 Å². The molecule has 102 valence electrons. The van der Waals surface area contributed by atoms with Crippen molar-refractivity contribution in [3.05, 3.63) is 0 Å². The van der Waals surface area contributed by atoms with Crippen LogP contribution in [-0.2, 0) is 0 Å². The molecule has 0 radical (unpaired) electrons. The van der Waals surface area contributed by atoms with E-state index in [4.69, 9.17) is 0 Å². The Balaban J connectivity index is 2.24. The maximum Gasteiger partial charge on any atom is 0.0223 e. The average molecular weight is 241 g/mol. The molecule has 0 saturated carbocycles. The highest BCUT2D eigenvalue weighted by molar-refractivity contribution is 4.81. The Morgan fingerprint density at radius 3 is 2.88 bits per heavy atom. The first-order valence-electron chi connectivity index (χ1n) is 7.28. The number of likely N-dealkylation sites (N-methyl/N-ethyl adjacent to an activating group) is 2. The first kappa shape index (κ1) is 14.9. The third-order valence-corrected chi connectivity index (χ3v) is 4.21. The van der Waals surface area contributed by atoms with E-state index in [1.807, 2.05) is 7.05 Å². The lowest BCUT2D eigenvalue weighted by molar-refractivity contribution is 0.164. The minimum absolute atomic E-state index is 0.711. The summed E-state index contributed by atoms with van der Waals surface area (Å²) in [6.07, 6.45) is 5.36. The average Bonchev–Trinajstić information content (AvgIpc) is 2.76. The van der Waals surface area contributed by atoms with Crippen LogP contribution >= 0.6 is 0 Å². The van der Waals surface area contributed by atoms with E-state index >= 15 is 0 Å². The van der Waals surface area contributed by atoms with Crippen LogP contribution in [0.2, 0.25) is 0 Å². The van der Waals surface area contributed by atoms with Crippen LogP contribution in [-0.4, -0.2) is 62.2 Å². The van der Waals surface area contributed by atoms with E-state index < -0.39 is 0 Å². The van der Waals surface area contributed by atoms with Gasteiger partial charge in [0.25, 0.3) is 0 Å². The molecule has 1 saturated heterocycles. The van der Waals surface area contributed by atoms with Gasteiger partial charge in [0.15, 0.2) is 0 Å². The summed E-state index contributed by atoms with van der Waals surface area (Å²) >= 11 is 0. The first-order valence-corrected chi connectivity index (χ1v) is 7.28. The Morgan fingerprint density at radius 2 is 2.24 bits per heavy atom. The SMILES string of the molecule is CCN1CCCC1CN(C)C(C)CCCNC. The lowest BCUT2D eigenvalue weighted by Crippen LogP contribution is -2.42. The first-order chi connectivity index (χ1) is 8.19. The van der Waals surface area contributed by atoms with E-state index in [1.165, 1.54) is 45.3 Å². The molecule has 0 spiro atoms. The molecule has 17 heavy (non-hydrogen) atoms. The summed E-state index contributed by atoms with van der Waals surface area (Å²) in [7, 11) is 4.32. The van der Waals surface area contributed by atoms with E-state index in [2.05, 4.69) is 36.0 Å². The predicted octanol–water partition coefficient (Wildman–Crippen LogP) is 1.79. The molecule has 1 fully saturated rings. The fourth-order valence-electron chi connectivity index (χ4n) is 2.83. The zero-order chi connectivity index (χ0) is 12.7. The van der Waals surface area contributed by atoms with Crippen LogP contribution in [0.25, 0.3) is 0 Å². The summed E-state index contributed by atoms with van der Waals surface area (Å²) in [6.45, 7) is 9.56. The van der Waals surface area contributed by atoms with Crippen molar-refractivity contribution in [2.45, 2.75) is 51.6 Å². The quantitative estimate of drug-likeness (QED) is 0.654. The molecule has 1 N–H and O–H groups in total. The second-order valence-electron chi connectivity index (χ2n) is 5.46. The van der Waals surface area contributed by atoms with Crippen molar-refractivity contribution >= 4 is 0 Å². The van der Waals surface area contributed by atoms with Gasteiger partial charge in [-0.25, -0.2) is 0 Å². The Kier molecular flexibility index (Phi) is 7.09. The fourth-order valence-corrected chi connectivity index (χ4v) is 2.83. The topological polar surface area (TPSA) is 18.5 Å². The summed E-state index contributed by atoms with van der Waals surface area (Å²) in [5, 5.41) is 3.22. The van der Waals surface area contributed by atoms with Crippen molar-refractivity contribution < 1.29 is 0 Å². The minimum atomic E-state index is 0.711. The summed E-state index contributed by atoms with van der Waals surface area (Å²) in [6, 6.07) is 1.51. The van der Waals surface area contributed by atoms with Crippen LogP contribution in [0.1, 0.15) is 39.5 Å². The van der Waals surface area contributed by atoms with Gasteiger partial charge in [-0.3, -0.25) is 4.90 Å². The molecule has 1 rings (SSSR count). The molecule has 0 amide bonds. The third kappa shape index (κ3) is 4.94. The molecule has 0 bridgehead atoms. The summed E-state index contributed by atoms with van der Waals surface area (Å²) in [5.41, 5.74) is 0. The Morgan fingerprint density at radius 1 is 1.47 bits per heavy atom. The lowest BCUT2D eigenvalue weighted by atomic mass is 10.1. The van der Waals surface area contributed by atoms with Crippen molar-refractivity contribution in [3.63, 3.8) is 0 Å². The van der Waals surface area contributed by atoms with E-state index in [-0.39, 0.29) is 0 Å². The molecule has 0 aromatic carbocycles. The molecule has 0 aromatic rings. The molecule has 0 aromatic heterocycles. The van der Waals surface area contributed by atoms with Gasteiger partial charge >= 0.3 is 0 Å². The van der Waals surface area contributed by atoms with Crippen molar-refractivity contribution in [3.8, 4) is 0 Å². The monoisotopic (exact) mass is 241 g/mol. The van der Waals surface area contributed by atoms with Gasteiger partial charge in [-0.2, -0.15) is 0 Å². The number of hydrogen-bond acceptors (Lipinski definition) is 3. The minimum Gasteiger partial charge on any atom is -0.320 e. The van der Waals surface area contributed by atoms with Gasteiger partial charge < -0.3 is 10.2 Å². The van der Waals surface area contributed by atoms with Crippen molar-refractivity contribution in [1.29, 1.82) is 0 Å². The molecular weight excluding hydrogens is 210 g/mol. The molecule has 2 unspecified atom stereocenters. The second kappa shape index (κ2) is 8.06. The second-order valence-corrected chi connectivity index (χ2v) is 5.46. The highest BCUT2D eigenvalue weighted by atomic mass is 15.2. The molecule has 1 aliphatic heterocycles. The molecule has 3 heteroatoms. The van der Waals surface area contributed by atoms with Crippen molar-refractivity contribution in [1.82, 2.24) is 15.1 Å². The van der Waals surface area contributed by atoms with Crippen LogP contribution in [0.4, 0.5) is 0 Å². The predicted molar refractivity (Wildman–Crippen MR) is 75.5 cm³/mol. The summed E-state index contributed by atoms with van der Waals surface area (Å²) in [4.78, 5) is 5.19. The van der Waals surface area contributed by atoms with E-state index in [1.54, 1.807) is 0 Å². The van der Waals surface area contributed by atoms with Gasteiger partial charge in [0, 0.05) is 18.6 Å². The molecule has 1 heterocycles. The van der Waals surface area contributed by atoms with Gasteiger partial charge in [0.1, 0.15) is 0 Å². The van der Waals surface area contributed by atoms with Gasteiger partial charge in [0.2, 0.25) is 0 Å². The van der Waals surface area contributed by atoms with E-state index in [9.17, 15) is 0 Å².